The highest BCUT2D eigenvalue weighted by atomic mass is 16.5. The van der Waals surface area contributed by atoms with E-state index in [1.165, 1.54) is 6.08 Å². The van der Waals surface area contributed by atoms with Crippen LogP contribution in [0.3, 0.4) is 0 Å². The van der Waals surface area contributed by atoms with Gasteiger partial charge in [0.25, 0.3) is 0 Å². The number of allylic oxidation sites excluding steroid dienone is 1. The van der Waals surface area contributed by atoms with Crippen molar-refractivity contribution in [1.29, 1.82) is 0 Å². The highest BCUT2D eigenvalue weighted by Crippen LogP contribution is 2.31. The van der Waals surface area contributed by atoms with Crippen molar-refractivity contribution in [2.24, 2.45) is 0 Å². The van der Waals surface area contributed by atoms with Crippen molar-refractivity contribution in [3.63, 3.8) is 0 Å². The summed E-state index contributed by atoms with van der Waals surface area (Å²) >= 11 is 0. The van der Waals surface area contributed by atoms with E-state index in [9.17, 15) is 9.59 Å². The number of esters is 1. The highest BCUT2D eigenvalue weighted by molar-refractivity contribution is 6.07. The molecule has 0 unspecified atom stereocenters. The zero-order valence-corrected chi connectivity index (χ0v) is 19.2. The summed E-state index contributed by atoms with van der Waals surface area (Å²) in [5.74, 6) is 1.38. The minimum atomic E-state index is -0.549. The maximum atomic E-state index is 13.1. The van der Waals surface area contributed by atoms with Crippen LogP contribution in [0.5, 0.6) is 17.2 Å². The van der Waals surface area contributed by atoms with Gasteiger partial charge < -0.3 is 18.6 Å². The molecule has 4 rings (SSSR count). The Morgan fingerprint density at radius 3 is 2.44 bits per heavy atom. The fourth-order valence-corrected chi connectivity index (χ4v) is 3.59. The molecule has 0 saturated heterocycles. The summed E-state index contributed by atoms with van der Waals surface area (Å²) in [6.45, 7) is 4.12. The molecular formula is C28H24O6. The number of rotatable bonds is 8. The van der Waals surface area contributed by atoms with Crippen LogP contribution in [-0.2, 0) is 0 Å². The predicted molar refractivity (Wildman–Crippen MR) is 130 cm³/mol. The van der Waals surface area contributed by atoms with Crippen molar-refractivity contribution in [2.45, 2.75) is 13.8 Å². The van der Waals surface area contributed by atoms with Gasteiger partial charge in [-0.25, -0.2) is 4.79 Å². The van der Waals surface area contributed by atoms with Crippen LogP contribution in [0.25, 0.3) is 17.0 Å². The quantitative estimate of drug-likeness (QED) is 0.135. The lowest BCUT2D eigenvalue weighted by molar-refractivity contribution is 0.0734. The van der Waals surface area contributed by atoms with Gasteiger partial charge in [0.05, 0.1) is 13.7 Å². The van der Waals surface area contributed by atoms with Crippen molar-refractivity contribution in [3.05, 3.63) is 95.3 Å². The molecule has 0 radical (unpaired) electrons. The molecule has 0 amide bonds. The monoisotopic (exact) mass is 456 g/mol. The third-order valence-corrected chi connectivity index (χ3v) is 5.26. The Morgan fingerprint density at radius 2 is 1.71 bits per heavy atom. The summed E-state index contributed by atoms with van der Waals surface area (Å²) in [4.78, 5) is 25.7. The van der Waals surface area contributed by atoms with Crippen molar-refractivity contribution >= 4 is 28.8 Å². The van der Waals surface area contributed by atoms with E-state index in [-0.39, 0.29) is 5.78 Å². The number of hydrogen-bond donors (Lipinski definition) is 0. The van der Waals surface area contributed by atoms with Crippen LogP contribution < -0.4 is 14.2 Å². The molecule has 0 spiro atoms. The summed E-state index contributed by atoms with van der Waals surface area (Å²) < 4.78 is 22.2. The normalized spacial score (nSPS) is 11.0. The number of hydrogen-bond acceptors (Lipinski definition) is 6. The smallest absolute Gasteiger partial charge is 0.347 e. The molecule has 0 aliphatic carbocycles. The van der Waals surface area contributed by atoms with Crippen LogP contribution in [0.4, 0.5) is 0 Å². The molecule has 0 N–H and O–H groups in total. The number of carbonyl (C=O) groups excluding carboxylic acids is 2. The molecule has 34 heavy (non-hydrogen) atoms. The average Bonchev–Trinajstić information content (AvgIpc) is 3.18. The number of methoxy groups -OCH3 is 1. The van der Waals surface area contributed by atoms with Gasteiger partial charge in [-0.1, -0.05) is 18.2 Å². The maximum Gasteiger partial charge on any atom is 0.347 e. The fourth-order valence-electron chi connectivity index (χ4n) is 3.59. The highest BCUT2D eigenvalue weighted by Gasteiger charge is 2.21. The number of ether oxygens (including phenoxy) is 3. The van der Waals surface area contributed by atoms with Gasteiger partial charge in [0.15, 0.2) is 5.78 Å². The van der Waals surface area contributed by atoms with E-state index in [4.69, 9.17) is 18.6 Å². The first-order chi connectivity index (χ1) is 16.5. The van der Waals surface area contributed by atoms with Crippen LogP contribution in [0.2, 0.25) is 0 Å². The number of ketones is 1. The van der Waals surface area contributed by atoms with Crippen molar-refractivity contribution in [2.75, 3.05) is 13.7 Å². The lowest BCUT2D eigenvalue weighted by atomic mass is 10.1. The molecule has 172 valence electrons. The van der Waals surface area contributed by atoms with Crippen LogP contribution in [0.15, 0.2) is 77.2 Å². The predicted octanol–water partition coefficient (Wildman–Crippen LogP) is 6.26. The van der Waals surface area contributed by atoms with Gasteiger partial charge in [-0.05, 0) is 74.5 Å². The van der Waals surface area contributed by atoms with E-state index >= 15 is 0 Å². The van der Waals surface area contributed by atoms with Gasteiger partial charge >= 0.3 is 5.97 Å². The standard InChI is InChI=1S/C28H24O6/c1-4-32-22-14-16-26-23(17-22)27(18(2)33-26)28(30)34-25-8-6-5-7-20(25)11-15-24(29)19-9-12-21(31-3)13-10-19/h5-17H,4H2,1-3H3/b15-11+. The zero-order chi connectivity index (χ0) is 24.1. The topological polar surface area (TPSA) is 75.0 Å². The van der Waals surface area contributed by atoms with Gasteiger partial charge in [0.1, 0.15) is 34.2 Å². The summed E-state index contributed by atoms with van der Waals surface area (Å²) in [6.07, 6.45) is 3.07. The van der Waals surface area contributed by atoms with Crippen LogP contribution >= 0.6 is 0 Å². The second-order valence-corrected chi connectivity index (χ2v) is 7.48. The second-order valence-electron chi connectivity index (χ2n) is 7.48. The number of benzene rings is 3. The first kappa shape index (κ1) is 22.9. The van der Waals surface area contributed by atoms with E-state index in [1.807, 2.05) is 13.0 Å². The minimum absolute atomic E-state index is 0.177. The van der Waals surface area contributed by atoms with E-state index in [0.29, 0.717) is 57.3 Å². The lowest BCUT2D eigenvalue weighted by Gasteiger charge is -2.08. The Labute approximate surface area is 197 Å². The number of carbonyl (C=O) groups is 2. The molecule has 0 aliphatic heterocycles. The molecule has 4 aromatic rings. The molecule has 1 aromatic heterocycles. The Morgan fingerprint density at radius 1 is 0.971 bits per heavy atom. The Balaban J connectivity index is 1.58. The molecule has 0 atom stereocenters. The molecule has 0 saturated carbocycles. The second kappa shape index (κ2) is 10.1. The molecule has 0 aliphatic rings. The van der Waals surface area contributed by atoms with Gasteiger partial charge in [0, 0.05) is 16.5 Å². The summed E-state index contributed by atoms with van der Waals surface area (Å²) in [5.41, 5.74) is 2.03. The van der Waals surface area contributed by atoms with Crippen LogP contribution in [0.1, 0.15) is 39.0 Å². The van der Waals surface area contributed by atoms with E-state index in [2.05, 4.69) is 0 Å². The number of fused-ring (bicyclic) bond motifs is 1. The molecule has 6 nitrogen and oxygen atoms in total. The zero-order valence-electron chi connectivity index (χ0n) is 19.2. The lowest BCUT2D eigenvalue weighted by Crippen LogP contribution is -2.10. The molecule has 0 bridgehead atoms. The average molecular weight is 456 g/mol. The minimum Gasteiger partial charge on any atom is -0.497 e. The van der Waals surface area contributed by atoms with E-state index < -0.39 is 5.97 Å². The van der Waals surface area contributed by atoms with E-state index in [0.717, 1.165) is 0 Å². The third-order valence-electron chi connectivity index (χ3n) is 5.26. The third kappa shape index (κ3) is 4.86. The molecule has 0 fully saturated rings. The molecule has 3 aromatic carbocycles. The van der Waals surface area contributed by atoms with Gasteiger partial charge in [-0.2, -0.15) is 0 Å². The van der Waals surface area contributed by atoms with Crippen molar-refractivity contribution in [1.82, 2.24) is 0 Å². The van der Waals surface area contributed by atoms with Crippen molar-refractivity contribution < 1.29 is 28.2 Å². The first-order valence-electron chi connectivity index (χ1n) is 10.8. The van der Waals surface area contributed by atoms with Gasteiger partial charge in [-0.15, -0.1) is 0 Å². The Kier molecular flexibility index (Phi) is 6.78. The van der Waals surface area contributed by atoms with Gasteiger partial charge in [0.2, 0.25) is 0 Å². The van der Waals surface area contributed by atoms with Crippen LogP contribution in [0, 0.1) is 6.92 Å². The van der Waals surface area contributed by atoms with Gasteiger partial charge in [-0.3, -0.25) is 4.79 Å². The molecule has 1 heterocycles. The van der Waals surface area contributed by atoms with Crippen molar-refractivity contribution in [3.8, 4) is 17.2 Å². The largest absolute Gasteiger partial charge is 0.497 e. The fraction of sp³-hybridized carbons (Fsp3) is 0.143. The SMILES string of the molecule is CCOc1ccc2oc(C)c(C(=O)Oc3ccccc3/C=C/C(=O)c3ccc(OC)cc3)c2c1. The number of aryl methyl sites for hydroxylation is 1. The Hall–Kier alpha value is -4.32. The van der Waals surface area contributed by atoms with E-state index in [1.54, 1.807) is 80.8 Å². The molecule has 6 heteroatoms. The summed E-state index contributed by atoms with van der Waals surface area (Å²) in [7, 11) is 1.57. The number of furan rings is 1. The summed E-state index contributed by atoms with van der Waals surface area (Å²) in [6, 6.07) is 19.2. The first-order valence-corrected chi connectivity index (χ1v) is 10.8. The summed E-state index contributed by atoms with van der Waals surface area (Å²) in [5, 5.41) is 0.621. The maximum absolute atomic E-state index is 13.1. The van der Waals surface area contributed by atoms with Crippen LogP contribution in [-0.4, -0.2) is 25.5 Å². The molecular weight excluding hydrogens is 432 g/mol. The Bertz CT molecular complexity index is 1360. The number of para-hydroxylation sites is 1.